The van der Waals surface area contributed by atoms with Crippen molar-refractivity contribution in [2.75, 3.05) is 0 Å². The largest absolute Gasteiger partial charge is 0.463 e. The molecule has 19 heavy (non-hydrogen) atoms. The van der Waals surface area contributed by atoms with Crippen LogP contribution in [0.3, 0.4) is 0 Å². The molecule has 4 nitrogen and oxygen atoms in total. The summed E-state index contributed by atoms with van der Waals surface area (Å²) in [6.07, 6.45) is 1.89. The smallest absolute Gasteiger partial charge is 0.205 e. The van der Waals surface area contributed by atoms with Gasteiger partial charge in [0.1, 0.15) is 5.75 Å². The van der Waals surface area contributed by atoms with Gasteiger partial charge in [-0.3, -0.25) is 4.68 Å². The zero-order valence-electron chi connectivity index (χ0n) is 11.7. The Labute approximate surface area is 113 Å². The van der Waals surface area contributed by atoms with Gasteiger partial charge in [0.15, 0.2) is 0 Å². The molecule has 2 aromatic rings. The van der Waals surface area contributed by atoms with E-state index in [1.165, 1.54) is 0 Å². The summed E-state index contributed by atoms with van der Waals surface area (Å²) in [6.45, 7) is 6.51. The van der Waals surface area contributed by atoms with E-state index in [4.69, 9.17) is 9.47 Å². The average Bonchev–Trinajstić information content (AvgIpc) is 2.68. The maximum Gasteiger partial charge on any atom is 0.205 e. The minimum Gasteiger partial charge on any atom is -0.463 e. The van der Waals surface area contributed by atoms with E-state index in [-0.39, 0.29) is 0 Å². The SMILES string of the molecule is Cc1c(-c2ccc3c(c2)OC(C)(C)OC3)cnn1C. The minimum atomic E-state index is -0.560. The average molecular weight is 258 g/mol. The van der Waals surface area contributed by atoms with Crippen molar-refractivity contribution in [1.82, 2.24) is 9.78 Å². The van der Waals surface area contributed by atoms with Crippen molar-refractivity contribution < 1.29 is 9.47 Å². The zero-order chi connectivity index (χ0) is 13.6. The second-order valence-electron chi connectivity index (χ2n) is 5.38. The molecule has 100 valence electrons. The number of ether oxygens (including phenoxy) is 2. The highest BCUT2D eigenvalue weighted by molar-refractivity contribution is 5.67. The summed E-state index contributed by atoms with van der Waals surface area (Å²) in [7, 11) is 1.95. The molecule has 0 saturated carbocycles. The minimum absolute atomic E-state index is 0.560. The Bertz CT molecular complexity index is 629. The van der Waals surface area contributed by atoms with Gasteiger partial charge < -0.3 is 9.47 Å². The molecule has 0 atom stereocenters. The fraction of sp³-hybridized carbons (Fsp3) is 0.400. The van der Waals surface area contributed by atoms with Crippen molar-refractivity contribution in [3.63, 3.8) is 0 Å². The van der Waals surface area contributed by atoms with Crippen LogP contribution in [0.2, 0.25) is 0 Å². The van der Waals surface area contributed by atoms with Gasteiger partial charge in [0.25, 0.3) is 0 Å². The molecule has 0 amide bonds. The Morgan fingerprint density at radius 3 is 2.79 bits per heavy atom. The van der Waals surface area contributed by atoms with E-state index in [0.717, 1.165) is 28.1 Å². The molecule has 0 aliphatic carbocycles. The summed E-state index contributed by atoms with van der Waals surface area (Å²) in [5.74, 6) is 0.340. The summed E-state index contributed by atoms with van der Waals surface area (Å²) >= 11 is 0. The normalized spacial score (nSPS) is 16.8. The number of hydrogen-bond donors (Lipinski definition) is 0. The molecular formula is C15H18N2O2. The van der Waals surface area contributed by atoms with Gasteiger partial charge in [-0.25, -0.2) is 0 Å². The number of rotatable bonds is 1. The molecule has 0 radical (unpaired) electrons. The molecule has 0 fully saturated rings. The molecular weight excluding hydrogens is 240 g/mol. The van der Waals surface area contributed by atoms with Gasteiger partial charge in [-0.05, 0) is 18.6 Å². The van der Waals surface area contributed by atoms with Gasteiger partial charge in [-0.1, -0.05) is 12.1 Å². The van der Waals surface area contributed by atoms with Crippen molar-refractivity contribution in [3.8, 4) is 16.9 Å². The lowest BCUT2D eigenvalue weighted by Gasteiger charge is -2.32. The molecule has 2 heterocycles. The van der Waals surface area contributed by atoms with E-state index in [1.807, 2.05) is 31.8 Å². The predicted molar refractivity (Wildman–Crippen MR) is 72.9 cm³/mol. The van der Waals surface area contributed by atoms with E-state index < -0.39 is 5.79 Å². The Balaban J connectivity index is 2.04. The number of aryl methyl sites for hydroxylation is 1. The predicted octanol–water partition coefficient (Wildman–Crippen LogP) is 3.04. The van der Waals surface area contributed by atoms with E-state index in [0.29, 0.717) is 6.61 Å². The Kier molecular flexibility index (Phi) is 2.64. The van der Waals surface area contributed by atoms with Crippen LogP contribution >= 0.6 is 0 Å². The molecule has 1 aliphatic heterocycles. The highest BCUT2D eigenvalue weighted by Gasteiger charge is 2.27. The molecule has 0 spiro atoms. The standard InChI is InChI=1S/C15H18N2O2/c1-10-13(8-16-17(10)4)11-5-6-12-9-18-15(2,3)19-14(12)7-11/h5-8H,9H2,1-4H3. The van der Waals surface area contributed by atoms with E-state index in [9.17, 15) is 0 Å². The van der Waals surface area contributed by atoms with Gasteiger partial charge in [-0.15, -0.1) is 0 Å². The summed E-state index contributed by atoms with van der Waals surface area (Å²) in [5.41, 5.74) is 4.50. The molecule has 0 saturated heterocycles. The highest BCUT2D eigenvalue weighted by atomic mass is 16.7. The van der Waals surface area contributed by atoms with Crippen molar-refractivity contribution in [3.05, 3.63) is 35.7 Å². The van der Waals surface area contributed by atoms with Crippen LogP contribution in [0.1, 0.15) is 25.1 Å². The van der Waals surface area contributed by atoms with E-state index in [2.05, 4.69) is 30.2 Å². The third-order valence-electron chi connectivity index (χ3n) is 3.54. The fourth-order valence-electron chi connectivity index (χ4n) is 2.26. The quantitative estimate of drug-likeness (QED) is 0.788. The Hall–Kier alpha value is -1.81. The first-order chi connectivity index (χ1) is 8.96. The molecule has 0 unspecified atom stereocenters. The Morgan fingerprint density at radius 2 is 2.11 bits per heavy atom. The summed E-state index contributed by atoms with van der Waals surface area (Å²) in [4.78, 5) is 0. The van der Waals surface area contributed by atoms with Crippen LogP contribution in [0.4, 0.5) is 0 Å². The van der Waals surface area contributed by atoms with Crippen molar-refractivity contribution in [1.29, 1.82) is 0 Å². The van der Waals surface area contributed by atoms with Gasteiger partial charge in [-0.2, -0.15) is 5.10 Å². The number of aromatic nitrogens is 2. The summed E-state index contributed by atoms with van der Waals surface area (Å²) in [5, 5.41) is 4.28. The summed E-state index contributed by atoms with van der Waals surface area (Å²) in [6, 6.07) is 6.23. The highest BCUT2D eigenvalue weighted by Crippen LogP contribution is 2.35. The van der Waals surface area contributed by atoms with Gasteiger partial charge in [0, 0.05) is 37.7 Å². The third kappa shape index (κ3) is 2.12. The molecule has 0 N–H and O–H groups in total. The molecule has 4 heteroatoms. The lowest BCUT2D eigenvalue weighted by molar-refractivity contribution is -0.180. The van der Waals surface area contributed by atoms with E-state index >= 15 is 0 Å². The van der Waals surface area contributed by atoms with Crippen LogP contribution in [0, 0.1) is 6.92 Å². The molecule has 1 aromatic carbocycles. The van der Waals surface area contributed by atoms with E-state index in [1.54, 1.807) is 0 Å². The second kappa shape index (κ2) is 4.10. The van der Waals surface area contributed by atoms with Crippen LogP contribution < -0.4 is 4.74 Å². The zero-order valence-corrected chi connectivity index (χ0v) is 11.7. The van der Waals surface area contributed by atoms with Gasteiger partial charge >= 0.3 is 0 Å². The Morgan fingerprint density at radius 1 is 1.32 bits per heavy atom. The first kappa shape index (κ1) is 12.2. The number of benzene rings is 1. The topological polar surface area (TPSA) is 36.3 Å². The third-order valence-corrected chi connectivity index (χ3v) is 3.54. The van der Waals surface area contributed by atoms with Crippen molar-refractivity contribution in [2.24, 2.45) is 7.05 Å². The second-order valence-corrected chi connectivity index (χ2v) is 5.38. The molecule has 0 bridgehead atoms. The van der Waals surface area contributed by atoms with Crippen molar-refractivity contribution >= 4 is 0 Å². The van der Waals surface area contributed by atoms with Crippen LogP contribution in [0.15, 0.2) is 24.4 Å². The molecule has 1 aliphatic rings. The number of hydrogen-bond acceptors (Lipinski definition) is 3. The van der Waals surface area contributed by atoms with Gasteiger partial charge in [0.2, 0.25) is 5.79 Å². The van der Waals surface area contributed by atoms with Crippen LogP contribution in [0.5, 0.6) is 5.75 Å². The molecule has 1 aromatic heterocycles. The fourth-order valence-corrected chi connectivity index (χ4v) is 2.26. The summed E-state index contributed by atoms with van der Waals surface area (Å²) < 4.78 is 13.4. The lowest BCUT2D eigenvalue weighted by Crippen LogP contribution is -2.35. The first-order valence-corrected chi connectivity index (χ1v) is 6.41. The van der Waals surface area contributed by atoms with Crippen LogP contribution in [0.25, 0.3) is 11.1 Å². The van der Waals surface area contributed by atoms with Gasteiger partial charge in [0.05, 0.1) is 12.8 Å². The lowest BCUT2D eigenvalue weighted by atomic mass is 10.0. The number of nitrogens with zero attached hydrogens (tertiary/aromatic N) is 2. The maximum atomic E-state index is 5.88. The number of fused-ring (bicyclic) bond motifs is 1. The maximum absolute atomic E-state index is 5.88. The molecule has 3 rings (SSSR count). The van der Waals surface area contributed by atoms with Crippen LogP contribution in [-0.2, 0) is 18.4 Å². The first-order valence-electron chi connectivity index (χ1n) is 6.41. The monoisotopic (exact) mass is 258 g/mol. The van der Waals surface area contributed by atoms with Crippen molar-refractivity contribution in [2.45, 2.75) is 33.2 Å². The van der Waals surface area contributed by atoms with Crippen LogP contribution in [-0.4, -0.2) is 15.6 Å².